The first-order chi connectivity index (χ1) is 7.97. The minimum atomic E-state index is -4.21. The topological polar surface area (TPSA) is 24.5 Å². The van der Waals surface area contributed by atoms with Gasteiger partial charge in [0.15, 0.2) is 0 Å². The molecule has 0 aromatic heterocycles. The molecule has 3 nitrogen and oxygen atoms in total. The van der Waals surface area contributed by atoms with Crippen LogP contribution in [0.4, 0.5) is 13.2 Å². The Bertz CT molecular complexity index is 205. The van der Waals surface area contributed by atoms with Gasteiger partial charge >= 0.3 is 6.18 Å². The molecule has 1 rings (SSSR count). The van der Waals surface area contributed by atoms with E-state index in [-0.39, 0.29) is 6.61 Å². The molecule has 1 N–H and O–H groups in total. The van der Waals surface area contributed by atoms with E-state index in [9.17, 15) is 13.2 Å². The third-order valence-corrected chi connectivity index (χ3v) is 2.79. The summed E-state index contributed by atoms with van der Waals surface area (Å²) in [7, 11) is 1.99. The first kappa shape index (κ1) is 14.7. The van der Waals surface area contributed by atoms with E-state index < -0.39 is 12.8 Å². The SMILES string of the molecule is CN(CCCOCC(F)(F)F)CC1CCCN1. The van der Waals surface area contributed by atoms with Crippen LogP contribution in [0.15, 0.2) is 0 Å². The molecule has 0 spiro atoms. The Labute approximate surface area is 100 Å². The third kappa shape index (κ3) is 7.57. The molecule has 1 atom stereocenters. The molecule has 102 valence electrons. The number of rotatable bonds is 7. The van der Waals surface area contributed by atoms with Crippen LogP contribution in [-0.4, -0.2) is 57.0 Å². The van der Waals surface area contributed by atoms with Gasteiger partial charge in [0.25, 0.3) is 0 Å². The zero-order valence-electron chi connectivity index (χ0n) is 10.2. The lowest BCUT2D eigenvalue weighted by atomic mass is 10.2. The van der Waals surface area contributed by atoms with Crippen molar-refractivity contribution in [3.05, 3.63) is 0 Å². The molecule has 0 bridgehead atoms. The van der Waals surface area contributed by atoms with Crippen molar-refractivity contribution in [1.82, 2.24) is 10.2 Å². The largest absolute Gasteiger partial charge is 0.411 e. The second kappa shape index (κ2) is 7.18. The molecule has 1 heterocycles. The van der Waals surface area contributed by atoms with Crippen molar-refractivity contribution < 1.29 is 17.9 Å². The van der Waals surface area contributed by atoms with Crippen molar-refractivity contribution in [3.63, 3.8) is 0 Å². The highest BCUT2D eigenvalue weighted by molar-refractivity contribution is 4.76. The molecule has 0 amide bonds. The molecule has 6 heteroatoms. The van der Waals surface area contributed by atoms with E-state index in [1.54, 1.807) is 0 Å². The summed E-state index contributed by atoms with van der Waals surface area (Å²) in [5.41, 5.74) is 0. The first-order valence-corrected chi connectivity index (χ1v) is 6.04. The lowest BCUT2D eigenvalue weighted by Gasteiger charge is -2.20. The Morgan fingerprint density at radius 1 is 1.41 bits per heavy atom. The van der Waals surface area contributed by atoms with Gasteiger partial charge in [-0.05, 0) is 32.9 Å². The summed E-state index contributed by atoms with van der Waals surface area (Å²) < 4.78 is 39.9. The average molecular weight is 254 g/mol. The van der Waals surface area contributed by atoms with E-state index in [0.29, 0.717) is 12.5 Å². The summed E-state index contributed by atoms with van der Waals surface area (Å²) >= 11 is 0. The van der Waals surface area contributed by atoms with Crippen LogP contribution in [0.25, 0.3) is 0 Å². The van der Waals surface area contributed by atoms with Crippen LogP contribution in [0.1, 0.15) is 19.3 Å². The van der Waals surface area contributed by atoms with Crippen LogP contribution in [0.5, 0.6) is 0 Å². The molecule has 17 heavy (non-hydrogen) atoms. The molecule has 0 radical (unpaired) electrons. The highest BCUT2D eigenvalue weighted by Crippen LogP contribution is 2.14. The molecular weight excluding hydrogens is 233 g/mol. The van der Waals surface area contributed by atoms with Crippen LogP contribution in [-0.2, 0) is 4.74 Å². The van der Waals surface area contributed by atoms with Gasteiger partial charge in [-0.15, -0.1) is 0 Å². The van der Waals surface area contributed by atoms with Crippen molar-refractivity contribution in [2.24, 2.45) is 0 Å². The van der Waals surface area contributed by atoms with Crippen LogP contribution in [0.2, 0.25) is 0 Å². The summed E-state index contributed by atoms with van der Waals surface area (Å²) in [6.45, 7) is 1.84. The van der Waals surface area contributed by atoms with Crippen molar-refractivity contribution in [3.8, 4) is 0 Å². The van der Waals surface area contributed by atoms with E-state index in [1.807, 2.05) is 7.05 Å². The van der Waals surface area contributed by atoms with Crippen LogP contribution in [0, 0.1) is 0 Å². The fraction of sp³-hybridized carbons (Fsp3) is 1.00. The van der Waals surface area contributed by atoms with Gasteiger partial charge in [-0.2, -0.15) is 13.2 Å². The molecule has 1 aliphatic heterocycles. The van der Waals surface area contributed by atoms with Crippen LogP contribution < -0.4 is 5.32 Å². The number of hydrogen-bond donors (Lipinski definition) is 1. The van der Waals surface area contributed by atoms with Gasteiger partial charge < -0.3 is 15.0 Å². The molecule has 1 aliphatic rings. The normalized spacial score (nSPS) is 21.4. The molecule has 0 aromatic carbocycles. The third-order valence-electron chi connectivity index (χ3n) is 2.79. The maximum atomic E-state index is 11.8. The second-order valence-electron chi connectivity index (χ2n) is 4.58. The summed E-state index contributed by atoms with van der Waals surface area (Å²) in [6.07, 6.45) is -1.17. The lowest BCUT2D eigenvalue weighted by molar-refractivity contribution is -0.174. The van der Waals surface area contributed by atoms with Crippen LogP contribution >= 0.6 is 0 Å². The van der Waals surface area contributed by atoms with E-state index in [0.717, 1.165) is 19.6 Å². The molecule has 1 fully saturated rings. The molecule has 1 unspecified atom stereocenters. The van der Waals surface area contributed by atoms with Gasteiger partial charge in [-0.1, -0.05) is 0 Å². The van der Waals surface area contributed by atoms with Gasteiger partial charge in [-0.3, -0.25) is 0 Å². The summed E-state index contributed by atoms with van der Waals surface area (Å²) in [5.74, 6) is 0. The van der Waals surface area contributed by atoms with E-state index in [2.05, 4.69) is 15.0 Å². The monoisotopic (exact) mass is 254 g/mol. The Morgan fingerprint density at radius 3 is 2.76 bits per heavy atom. The standard InChI is InChI=1S/C11H21F3N2O/c1-16(8-10-4-2-5-15-10)6-3-7-17-9-11(12,13)14/h10,15H,2-9H2,1H3. The maximum absolute atomic E-state index is 11.8. The Hall–Kier alpha value is -0.330. The van der Waals surface area contributed by atoms with Crippen LogP contribution in [0.3, 0.4) is 0 Å². The van der Waals surface area contributed by atoms with Gasteiger partial charge in [0, 0.05) is 25.7 Å². The zero-order valence-corrected chi connectivity index (χ0v) is 10.2. The number of ether oxygens (including phenoxy) is 1. The molecule has 0 aromatic rings. The molecule has 1 saturated heterocycles. The summed E-state index contributed by atoms with van der Waals surface area (Å²) in [5, 5.41) is 3.39. The van der Waals surface area contributed by atoms with Gasteiger partial charge in [-0.25, -0.2) is 0 Å². The van der Waals surface area contributed by atoms with Crippen molar-refractivity contribution in [1.29, 1.82) is 0 Å². The van der Waals surface area contributed by atoms with Crippen molar-refractivity contribution in [2.75, 3.05) is 39.9 Å². The number of hydrogen-bond acceptors (Lipinski definition) is 3. The molecule has 0 saturated carbocycles. The number of alkyl halides is 3. The van der Waals surface area contributed by atoms with E-state index >= 15 is 0 Å². The molecule has 0 aliphatic carbocycles. The summed E-state index contributed by atoms with van der Waals surface area (Å²) in [4.78, 5) is 2.14. The fourth-order valence-electron chi connectivity index (χ4n) is 2.00. The van der Waals surface area contributed by atoms with Gasteiger partial charge in [0.05, 0.1) is 0 Å². The van der Waals surface area contributed by atoms with E-state index in [4.69, 9.17) is 0 Å². The van der Waals surface area contributed by atoms with Gasteiger partial charge in [0.1, 0.15) is 6.61 Å². The van der Waals surface area contributed by atoms with Crippen molar-refractivity contribution >= 4 is 0 Å². The van der Waals surface area contributed by atoms with Gasteiger partial charge in [0.2, 0.25) is 0 Å². The minimum Gasteiger partial charge on any atom is -0.372 e. The highest BCUT2D eigenvalue weighted by atomic mass is 19.4. The Balaban J connectivity index is 1.94. The fourth-order valence-corrected chi connectivity index (χ4v) is 2.00. The highest BCUT2D eigenvalue weighted by Gasteiger charge is 2.27. The summed E-state index contributed by atoms with van der Waals surface area (Å²) in [6, 6.07) is 0.538. The lowest BCUT2D eigenvalue weighted by Crippen LogP contribution is -2.36. The number of nitrogens with zero attached hydrogens (tertiary/aromatic N) is 1. The minimum absolute atomic E-state index is 0.169. The van der Waals surface area contributed by atoms with Crippen molar-refractivity contribution in [2.45, 2.75) is 31.5 Å². The zero-order chi connectivity index (χ0) is 12.7. The molecular formula is C11H21F3N2O. The number of likely N-dealkylation sites (N-methyl/N-ethyl adjacent to an activating group) is 1. The smallest absolute Gasteiger partial charge is 0.372 e. The maximum Gasteiger partial charge on any atom is 0.411 e. The number of halogens is 3. The Kier molecular flexibility index (Phi) is 6.22. The predicted molar refractivity (Wildman–Crippen MR) is 60.0 cm³/mol. The quantitative estimate of drug-likeness (QED) is 0.699. The Morgan fingerprint density at radius 2 is 2.18 bits per heavy atom. The predicted octanol–water partition coefficient (Wildman–Crippen LogP) is 1.64. The number of nitrogens with one attached hydrogen (secondary N) is 1. The van der Waals surface area contributed by atoms with E-state index in [1.165, 1.54) is 12.8 Å². The first-order valence-electron chi connectivity index (χ1n) is 6.04. The second-order valence-corrected chi connectivity index (χ2v) is 4.58. The average Bonchev–Trinajstić information content (AvgIpc) is 2.68.